The number of nitrogens with one attached hydrogen (secondary N) is 2. The summed E-state index contributed by atoms with van der Waals surface area (Å²) >= 11 is 7.10. The number of ether oxygens (including phenoxy) is 1. The fraction of sp³-hybridized carbons (Fsp3) is 0.200. The van der Waals surface area contributed by atoms with Crippen LogP contribution in [0.5, 0.6) is 0 Å². The number of carbonyl (C=O) groups is 2. The zero-order valence-corrected chi connectivity index (χ0v) is 13.7. The van der Waals surface area contributed by atoms with Crippen LogP contribution in [-0.4, -0.2) is 18.6 Å². The molecule has 22 heavy (non-hydrogen) atoms. The number of carbonyl (C=O) groups excluding carboxylic acids is 2. The molecule has 2 aromatic rings. The van der Waals surface area contributed by atoms with Gasteiger partial charge in [-0.05, 0) is 44.2 Å². The first-order valence-electron chi connectivity index (χ1n) is 6.60. The van der Waals surface area contributed by atoms with E-state index >= 15 is 0 Å². The van der Waals surface area contributed by atoms with Crippen LogP contribution in [0.15, 0.2) is 30.3 Å². The van der Waals surface area contributed by atoms with E-state index in [1.165, 1.54) is 11.3 Å². The largest absolute Gasteiger partial charge is 0.462 e. The highest BCUT2D eigenvalue weighted by Gasteiger charge is 2.17. The summed E-state index contributed by atoms with van der Waals surface area (Å²) in [5.74, 6) is -0.450. The summed E-state index contributed by atoms with van der Waals surface area (Å²) in [7, 11) is 0. The normalized spacial score (nSPS) is 10.1. The van der Waals surface area contributed by atoms with Gasteiger partial charge in [-0.25, -0.2) is 9.59 Å². The minimum atomic E-state index is -0.450. The fourth-order valence-electron chi connectivity index (χ4n) is 1.77. The molecule has 0 aliphatic rings. The second kappa shape index (κ2) is 7.29. The van der Waals surface area contributed by atoms with E-state index in [4.69, 9.17) is 16.3 Å². The van der Waals surface area contributed by atoms with Gasteiger partial charge in [-0.3, -0.25) is 5.32 Å². The van der Waals surface area contributed by atoms with Gasteiger partial charge in [0, 0.05) is 15.6 Å². The van der Waals surface area contributed by atoms with Crippen LogP contribution in [-0.2, 0) is 4.74 Å². The lowest BCUT2D eigenvalue weighted by Gasteiger charge is -2.08. The first-order chi connectivity index (χ1) is 10.5. The molecular formula is C15H15ClN2O3S. The molecule has 1 heterocycles. The number of halogens is 1. The Hall–Kier alpha value is -2.05. The van der Waals surface area contributed by atoms with Crippen LogP contribution in [0, 0.1) is 6.92 Å². The predicted molar refractivity (Wildman–Crippen MR) is 89.1 cm³/mol. The Labute approximate surface area is 137 Å². The molecule has 7 heteroatoms. The molecule has 0 spiro atoms. The van der Waals surface area contributed by atoms with Crippen molar-refractivity contribution in [2.75, 3.05) is 17.2 Å². The van der Waals surface area contributed by atoms with Gasteiger partial charge in [0.1, 0.15) is 5.00 Å². The lowest BCUT2D eigenvalue weighted by molar-refractivity contribution is 0.0528. The molecule has 0 bridgehead atoms. The van der Waals surface area contributed by atoms with Gasteiger partial charge in [0.2, 0.25) is 0 Å². The van der Waals surface area contributed by atoms with Crippen molar-refractivity contribution < 1.29 is 14.3 Å². The van der Waals surface area contributed by atoms with E-state index < -0.39 is 12.0 Å². The lowest BCUT2D eigenvalue weighted by atomic mass is 10.3. The Morgan fingerprint density at radius 2 is 1.91 bits per heavy atom. The van der Waals surface area contributed by atoms with Crippen LogP contribution in [0.3, 0.4) is 0 Å². The number of thiophene rings is 1. The molecule has 0 radical (unpaired) electrons. The van der Waals surface area contributed by atoms with E-state index in [2.05, 4.69) is 10.6 Å². The van der Waals surface area contributed by atoms with Gasteiger partial charge >= 0.3 is 12.0 Å². The number of hydrogen-bond donors (Lipinski definition) is 2. The zero-order valence-electron chi connectivity index (χ0n) is 12.1. The zero-order chi connectivity index (χ0) is 16.1. The topological polar surface area (TPSA) is 67.4 Å². The number of esters is 1. The van der Waals surface area contributed by atoms with Crippen molar-refractivity contribution in [2.45, 2.75) is 13.8 Å². The standard InChI is InChI=1S/C15H15ClN2O3S/c1-3-21-14(19)12-8-9(2)22-13(12)18-15(20)17-11-6-4-10(16)5-7-11/h4-8H,3H2,1-2H3,(H2,17,18,20). The highest BCUT2D eigenvalue weighted by Crippen LogP contribution is 2.28. The Balaban J connectivity index is 2.08. The molecule has 0 aliphatic carbocycles. The highest BCUT2D eigenvalue weighted by molar-refractivity contribution is 7.16. The van der Waals surface area contributed by atoms with Gasteiger partial charge in [-0.1, -0.05) is 11.6 Å². The summed E-state index contributed by atoms with van der Waals surface area (Å²) in [5, 5.41) is 6.39. The van der Waals surface area contributed by atoms with Crippen molar-refractivity contribution in [3.63, 3.8) is 0 Å². The highest BCUT2D eigenvalue weighted by atomic mass is 35.5. The van der Waals surface area contributed by atoms with E-state index in [0.29, 0.717) is 21.3 Å². The molecule has 0 unspecified atom stereocenters. The second-order valence-corrected chi connectivity index (χ2v) is 6.10. The maximum absolute atomic E-state index is 12.0. The quantitative estimate of drug-likeness (QED) is 0.805. The smallest absolute Gasteiger partial charge is 0.341 e. The summed E-state index contributed by atoms with van der Waals surface area (Å²) in [4.78, 5) is 24.8. The molecular weight excluding hydrogens is 324 g/mol. The minimum Gasteiger partial charge on any atom is -0.462 e. The second-order valence-electron chi connectivity index (χ2n) is 4.41. The molecule has 5 nitrogen and oxygen atoms in total. The van der Waals surface area contributed by atoms with E-state index in [1.807, 2.05) is 6.92 Å². The third-order valence-corrected chi connectivity index (χ3v) is 3.90. The maximum atomic E-state index is 12.0. The van der Waals surface area contributed by atoms with Crippen LogP contribution >= 0.6 is 22.9 Å². The first kappa shape index (κ1) is 16.3. The number of benzene rings is 1. The average molecular weight is 339 g/mol. The van der Waals surface area contributed by atoms with Crippen molar-refractivity contribution >= 4 is 45.6 Å². The molecule has 0 fully saturated rings. The molecule has 1 aromatic heterocycles. The summed E-state index contributed by atoms with van der Waals surface area (Å²) in [5.41, 5.74) is 0.962. The fourth-order valence-corrected chi connectivity index (χ4v) is 2.79. The molecule has 2 amide bonds. The van der Waals surface area contributed by atoms with Gasteiger partial charge in [0.25, 0.3) is 0 Å². The molecule has 0 saturated heterocycles. The third-order valence-electron chi connectivity index (χ3n) is 2.68. The first-order valence-corrected chi connectivity index (χ1v) is 7.80. The van der Waals surface area contributed by atoms with Crippen LogP contribution in [0.4, 0.5) is 15.5 Å². The Morgan fingerprint density at radius 1 is 1.23 bits per heavy atom. The summed E-state index contributed by atoms with van der Waals surface area (Å²) in [6.07, 6.45) is 0. The van der Waals surface area contributed by atoms with Crippen LogP contribution in [0.1, 0.15) is 22.2 Å². The lowest BCUT2D eigenvalue weighted by Crippen LogP contribution is -2.20. The minimum absolute atomic E-state index is 0.282. The summed E-state index contributed by atoms with van der Waals surface area (Å²) in [6, 6.07) is 7.99. The number of hydrogen-bond acceptors (Lipinski definition) is 4. The summed E-state index contributed by atoms with van der Waals surface area (Å²) in [6.45, 7) is 3.87. The number of amides is 2. The number of rotatable bonds is 4. The molecule has 0 saturated carbocycles. The van der Waals surface area contributed by atoms with Crippen molar-refractivity contribution in [3.8, 4) is 0 Å². The van der Waals surface area contributed by atoms with E-state index in [9.17, 15) is 9.59 Å². The molecule has 1 aromatic carbocycles. The van der Waals surface area contributed by atoms with E-state index in [-0.39, 0.29) is 6.61 Å². The van der Waals surface area contributed by atoms with Crippen molar-refractivity contribution in [1.29, 1.82) is 0 Å². The predicted octanol–water partition coefficient (Wildman–Crippen LogP) is 4.53. The summed E-state index contributed by atoms with van der Waals surface area (Å²) < 4.78 is 4.98. The molecule has 0 atom stereocenters. The van der Waals surface area contributed by atoms with Gasteiger partial charge in [0.15, 0.2) is 0 Å². The van der Waals surface area contributed by atoms with Crippen LogP contribution < -0.4 is 10.6 Å². The molecule has 2 N–H and O–H groups in total. The monoisotopic (exact) mass is 338 g/mol. The number of aryl methyl sites for hydroxylation is 1. The van der Waals surface area contributed by atoms with Crippen molar-refractivity contribution in [1.82, 2.24) is 0 Å². The van der Waals surface area contributed by atoms with E-state index in [1.54, 1.807) is 37.3 Å². The molecule has 116 valence electrons. The third kappa shape index (κ3) is 4.22. The number of anilines is 2. The SMILES string of the molecule is CCOC(=O)c1cc(C)sc1NC(=O)Nc1ccc(Cl)cc1. The maximum Gasteiger partial charge on any atom is 0.341 e. The van der Waals surface area contributed by atoms with Crippen molar-refractivity contribution in [2.24, 2.45) is 0 Å². The van der Waals surface area contributed by atoms with Gasteiger partial charge in [-0.15, -0.1) is 11.3 Å². The Bertz CT molecular complexity index is 683. The average Bonchev–Trinajstić information content (AvgIpc) is 2.82. The van der Waals surface area contributed by atoms with Crippen molar-refractivity contribution in [3.05, 3.63) is 45.8 Å². The van der Waals surface area contributed by atoms with E-state index in [0.717, 1.165) is 4.88 Å². The Kier molecular flexibility index (Phi) is 5.41. The molecule has 2 rings (SSSR count). The Morgan fingerprint density at radius 3 is 2.55 bits per heavy atom. The number of urea groups is 1. The van der Waals surface area contributed by atoms with Gasteiger partial charge < -0.3 is 10.1 Å². The van der Waals surface area contributed by atoms with Crippen LogP contribution in [0.2, 0.25) is 5.02 Å². The molecule has 0 aliphatic heterocycles. The van der Waals surface area contributed by atoms with Gasteiger partial charge in [0.05, 0.1) is 12.2 Å². The van der Waals surface area contributed by atoms with Crippen LogP contribution in [0.25, 0.3) is 0 Å². The van der Waals surface area contributed by atoms with Gasteiger partial charge in [-0.2, -0.15) is 0 Å².